The van der Waals surface area contributed by atoms with Crippen LogP contribution >= 0.6 is 28.3 Å². The molecule has 2 aliphatic heterocycles. The lowest BCUT2D eigenvalue weighted by atomic mass is 9.74. The van der Waals surface area contributed by atoms with Crippen LogP contribution in [0, 0.1) is 0 Å². The molecule has 0 aliphatic carbocycles. The minimum absolute atomic E-state index is 0. The Kier molecular flexibility index (Phi) is 5.78. The van der Waals surface area contributed by atoms with Gasteiger partial charge in [-0.05, 0) is 36.1 Å². The third-order valence-electron chi connectivity index (χ3n) is 5.35. The quantitative estimate of drug-likeness (QED) is 0.721. The second-order valence-corrected chi connectivity index (χ2v) is 7.77. The first-order valence-corrected chi connectivity index (χ1v) is 9.45. The van der Waals surface area contributed by atoms with Gasteiger partial charge in [-0.3, -0.25) is 0 Å². The first-order chi connectivity index (χ1) is 12.2. The molecule has 1 amide bonds. The van der Waals surface area contributed by atoms with Gasteiger partial charge < -0.3 is 15.0 Å². The van der Waals surface area contributed by atoms with Gasteiger partial charge in [-0.25, -0.2) is 4.79 Å². The van der Waals surface area contributed by atoms with Gasteiger partial charge in [-0.2, -0.15) is 0 Å². The highest BCUT2D eigenvalue weighted by molar-refractivity contribution is 9.10. The molecule has 1 fully saturated rings. The van der Waals surface area contributed by atoms with Gasteiger partial charge in [0.25, 0.3) is 0 Å². The summed E-state index contributed by atoms with van der Waals surface area (Å²) in [6.07, 6.45) is 1.73. The van der Waals surface area contributed by atoms with Crippen LogP contribution in [0.4, 0.5) is 10.5 Å². The number of rotatable bonds is 2. The molecule has 26 heavy (non-hydrogen) atoms. The van der Waals surface area contributed by atoms with Gasteiger partial charge >= 0.3 is 6.09 Å². The number of carbonyl (C=O) groups is 1. The molecule has 6 heteroatoms. The topological polar surface area (TPSA) is 41.6 Å². The number of likely N-dealkylation sites (tertiary alicyclic amines) is 1. The maximum Gasteiger partial charge on any atom is 0.410 e. The molecule has 0 radical (unpaired) electrons. The van der Waals surface area contributed by atoms with Crippen LogP contribution in [0.25, 0.3) is 0 Å². The van der Waals surface area contributed by atoms with E-state index in [2.05, 4.69) is 39.4 Å². The van der Waals surface area contributed by atoms with Crippen LogP contribution in [0.1, 0.15) is 24.0 Å². The van der Waals surface area contributed by atoms with Crippen molar-refractivity contribution in [3.8, 4) is 0 Å². The molecule has 2 heterocycles. The maximum atomic E-state index is 12.3. The number of benzene rings is 2. The van der Waals surface area contributed by atoms with Gasteiger partial charge in [0.15, 0.2) is 0 Å². The van der Waals surface area contributed by atoms with E-state index in [-0.39, 0.29) is 23.9 Å². The molecule has 0 bridgehead atoms. The van der Waals surface area contributed by atoms with Crippen molar-refractivity contribution in [3.63, 3.8) is 0 Å². The number of nitrogens with one attached hydrogen (secondary N) is 1. The molecule has 0 unspecified atom stereocenters. The summed E-state index contributed by atoms with van der Waals surface area (Å²) in [4.78, 5) is 14.2. The van der Waals surface area contributed by atoms with Crippen LogP contribution < -0.4 is 5.32 Å². The molecule has 1 saturated heterocycles. The summed E-state index contributed by atoms with van der Waals surface area (Å²) in [6, 6.07) is 16.3. The first-order valence-electron chi connectivity index (χ1n) is 8.66. The molecule has 0 atom stereocenters. The fraction of sp³-hybridized carbons (Fsp3) is 0.350. The molecular weight excluding hydrogens is 416 g/mol. The van der Waals surface area contributed by atoms with Gasteiger partial charge in [0, 0.05) is 35.2 Å². The molecule has 138 valence electrons. The number of carbonyl (C=O) groups excluding carboxylic acids is 1. The first kappa shape index (κ1) is 19.1. The number of piperidine rings is 1. The Balaban J connectivity index is 0.00000196. The number of halogens is 2. The predicted molar refractivity (Wildman–Crippen MR) is 109 cm³/mol. The lowest BCUT2D eigenvalue weighted by Crippen LogP contribution is -2.46. The van der Waals surface area contributed by atoms with E-state index < -0.39 is 0 Å². The number of hydrogen-bond donors (Lipinski definition) is 1. The highest BCUT2D eigenvalue weighted by atomic mass is 79.9. The van der Waals surface area contributed by atoms with Gasteiger partial charge in [-0.15, -0.1) is 12.4 Å². The third-order valence-corrected chi connectivity index (χ3v) is 5.85. The molecule has 2 aliphatic rings. The maximum absolute atomic E-state index is 12.3. The standard InChI is InChI=1S/C20H21BrN2O2.ClH/c21-16-6-7-17-18(12-16)22-14-20(17)8-10-23(11-9-20)19(24)25-13-15-4-2-1-3-5-15;/h1-7,12,22H,8-11,13-14H2;1H. The van der Waals surface area contributed by atoms with Crippen LogP contribution in [0.2, 0.25) is 0 Å². The van der Waals surface area contributed by atoms with Crippen molar-refractivity contribution >= 4 is 40.1 Å². The average Bonchev–Trinajstić information content (AvgIpc) is 2.98. The second kappa shape index (κ2) is 7.89. The third kappa shape index (κ3) is 3.69. The molecule has 0 saturated carbocycles. The SMILES string of the molecule is Cl.O=C(OCc1ccccc1)N1CCC2(CC1)CNc1cc(Br)ccc12. The number of fused-ring (bicyclic) bond motifs is 2. The summed E-state index contributed by atoms with van der Waals surface area (Å²) < 4.78 is 6.56. The van der Waals surface area contributed by atoms with Gasteiger partial charge in [0.1, 0.15) is 6.61 Å². The van der Waals surface area contributed by atoms with Gasteiger partial charge in [0.2, 0.25) is 0 Å². The van der Waals surface area contributed by atoms with Crippen molar-refractivity contribution in [1.82, 2.24) is 4.90 Å². The summed E-state index contributed by atoms with van der Waals surface area (Å²) in [5, 5.41) is 3.53. The number of nitrogens with zero attached hydrogens (tertiary/aromatic N) is 1. The Hall–Kier alpha value is -1.72. The minimum Gasteiger partial charge on any atom is -0.445 e. The molecular formula is C20H22BrClN2O2. The van der Waals surface area contributed by atoms with Crippen molar-refractivity contribution in [2.45, 2.75) is 24.9 Å². The largest absolute Gasteiger partial charge is 0.445 e. The van der Waals surface area contributed by atoms with E-state index in [1.54, 1.807) is 0 Å². The number of amides is 1. The molecule has 0 aromatic heterocycles. The molecule has 2 aromatic rings. The fourth-order valence-electron chi connectivity index (χ4n) is 3.86. The van der Waals surface area contributed by atoms with E-state index in [0.29, 0.717) is 6.61 Å². The van der Waals surface area contributed by atoms with Crippen molar-refractivity contribution in [1.29, 1.82) is 0 Å². The molecule has 1 spiro atoms. The van der Waals surface area contributed by atoms with Crippen molar-refractivity contribution in [3.05, 3.63) is 64.1 Å². The van der Waals surface area contributed by atoms with Crippen molar-refractivity contribution < 1.29 is 9.53 Å². The summed E-state index contributed by atoms with van der Waals surface area (Å²) in [6.45, 7) is 2.76. The van der Waals surface area contributed by atoms with E-state index in [4.69, 9.17) is 4.74 Å². The zero-order chi connectivity index (χ0) is 17.3. The minimum atomic E-state index is -0.208. The van der Waals surface area contributed by atoms with E-state index in [0.717, 1.165) is 42.5 Å². The Labute approximate surface area is 168 Å². The Morgan fingerprint density at radius 3 is 2.62 bits per heavy atom. The molecule has 4 nitrogen and oxygen atoms in total. The van der Waals surface area contributed by atoms with Crippen molar-refractivity contribution in [2.75, 3.05) is 25.0 Å². The number of ether oxygens (including phenoxy) is 1. The van der Waals surface area contributed by atoms with Crippen LogP contribution in [-0.4, -0.2) is 30.6 Å². The van der Waals surface area contributed by atoms with Gasteiger partial charge in [0.05, 0.1) is 0 Å². The summed E-state index contributed by atoms with van der Waals surface area (Å²) >= 11 is 3.53. The predicted octanol–water partition coefficient (Wildman–Crippen LogP) is 4.97. The van der Waals surface area contributed by atoms with Crippen LogP contribution in [-0.2, 0) is 16.8 Å². The Morgan fingerprint density at radius 2 is 1.88 bits per heavy atom. The number of anilines is 1. The zero-order valence-corrected chi connectivity index (χ0v) is 16.8. The summed E-state index contributed by atoms with van der Waals surface area (Å²) in [5.41, 5.74) is 3.76. The van der Waals surface area contributed by atoms with E-state index in [1.807, 2.05) is 35.2 Å². The van der Waals surface area contributed by atoms with Crippen LogP contribution in [0.3, 0.4) is 0 Å². The normalized spacial score (nSPS) is 17.2. The van der Waals surface area contributed by atoms with E-state index in [9.17, 15) is 4.79 Å². The summed E-state index contributed by atoms with van der Waals surface area (Å²) in [7, 11) is 0. The summed E-state index contributed by atoms with van der Waals surface area (Å²) in [5.74, 6) is 0. The monoisotopic (exact) mass is 436 g/mol. The fourth-order valence-corrected chi connectivity index (χ4v) is 4.22. The Morgan fingerprint density at radius 1 is 1.15 bits per heavy atom. The van der Waals surface area contributed by atoms with Crippen LogP contribution in [0.5, 0.6) is 0 Å². The van der Waals surface area contributed by atoms with Crippen LogP contribution in [0.15, 0.2) is 53.0 Å². The Bertz CT molecular complexity index is 777. The molecule has 1 N–H and O–H groups in total. The smallest absolute Gasteiger partial charge is 0.410 e. The highest BCUT2D eigenvalue weighted by Crippen LogP contribution is 2.44. The second-order valence-electron chi connectivity index (χ2n) is 6.85. The van der Waals surface area contributed by atoms with E-state index >= 15 is 0 Å². The number of hydrogen-bond acceptors (Lipinski definition) is 3. The lowest BCUT2D eigenvalue weighted by molar-refractivity contribution is 0.0794. The van der Waals surface area contributed by atoms with Crippen molar-refractivity contribution in [2.24, 2.45) is 0 Å². The molecule has 2 aromatic carbocycles. The zero-order valence-electron chi connectivity index (χ0n) is 14.4. The van der Waals surface area contributed by atoms with Gasteiger partial charge in [-0.1, -0.05) is 52.3 Å². The van der Waals surface area contributed by atoms with E-state index in [1.165, 1.54) is 11.3 Å². The average molecular weight is 438 g/mol. The highest BCUT2D eigenvalue weighted by Gasteiger charge is 2.42. The molecule has 4 rings (SSSR count). The lowest BCUT2D eigenvalue weighted by Gasteiger charge is -2.38.